The smallest absolute Gasteiger partial charge is 0.170 e. The zero-order chi connectivity index (χ0) is 14.3. The van der Waals surface area contributed by atoms with Crippen molar-refractivity contribution in [2.24, 2.45) is 0 Å². The number of hydrogen-bond donors (Lipinski definition) is 0. The van der Waals surface area contributed by atoms with E-state index in [1.54, 1.807) is 6.07 Å². The van der Waals surface area contributed by atoms with Gasteiger partial charge in [0.25, 0.3) is 0 Å². The van der Waals surface area contributed by atoms with E-state index in [0.717, 1.165) is 11.1 Å². The monoisotopic (exact) mass is 274 g/mol. The largest absolute Gasteiger partial charge is 0.234 e. The SMILES string of the molecule is Cc1cc(C)c(-c2nccn2F)cc1-c1nccn1F. The van der Waals surface area contributed by atoms with E-state index in [1.807, 2.05) is 19.9 Å². The molecule has 0 radical (unpaired) electrons. The van der Waals surface area contributed by atoms with Gasteiger partial charge in [-0.2, -0.15) is 9.58 Å². The van der Waals surface area contributed by atoms with E-state index in [9.17, 15) is 8.96 Å². The highest BCUT2D eigenvalue weighted by Gasteiger charge is 2.15. The Bertz CT molecular complexity index is 712. The fourth-order valence-electron chi connectivity index (χ4n) is 2.28. The van der Waals surface area contributed by atoms with Crippen LogP contribution in [0.25, 0.3) is 22.8 Å². The Kier molecular flexibility index (Phi) is 2.85. The third-order valence-corrected chi connectivity index (χ3v) is 3.25. The normalized spacial score (nSPS) is 11.0. The van der Waals surface area contributed by atoms with Gasteiger partial charge >= 0.3 is 0 Å². The molecule has 0 saturated carbocycles. The Labute approximate surface area is 114 Å². The molecule has 0 amide bonds. The maximum atomic E-state index is 13.6. The van der Waals surface area contributed by atoms with Gasteiger partial charge in [-0.05, 0) is 31.0 Å². The fourth-order valence-corrected chi connectivity index (χ4v) is 2.28. The quantitative estimate of drug-likeness (QED) is 0.717. The maximum Gasteiger partial charge on any atom is 0.170 e. The first-order chi connectivity index (χ1) is 9.58. The molecule has 6 heteroatoms. The number of benzene rings is 1. The zero-order valence-corrected chi connectivity index (χ0v) is 11.0. The van der Waals surface area contributed by atoms with Crippen LogP contribution < -0.4 is 0 Å². The second-order valence-electron chi connectivity index (χ2n) is 4.61. The van der Waals surface area contributed by atoms with Crippen LogP contribution in [0.4, 0.5) is 8.96 Å². The average molecular weight is 274 g/mol. The van der Waals surface area contributed by atoms with Crippen LogP contribution in [0.3, 0.4) is 0 Å². The van der Waals surface area contributed by atoms with Gasteiger partial charge in [0.15, 0.2) is 11.6 Å². The van der Waals surface area contributed by atoms with Gasteiger partial charge in [-0.3, -0.25) is 0 Å². The van der Waals surface area contributed by atoms with Gasteiger partial charge in [0.05, 0.1) is 12.4 Å². The summed E-state index contributed by atoms with van der Waals surface area (Å²) in [4.78, 5) is 8.87. The molecule has 0 aliphatic carbocycles. The van der Waals surface area contributed by atoms with Crippen molar-refractivity contribution < 1.29 is 8.96 Å². The average Bonchev–Trinajstić information content (AvgIpc) is 2.99. The minimum Gasteiger partial charge on any atom is -0.234 e. The van der Waals surface area contributed by atoms with Crippen LogP contribution in [-0.2, 0) is 0 Å². The minimum absolute atomic E-state index is 0.195. The lowest BCUT2D eigenvalue weighted by molar-refractivity contribution is 0.374. The molecule has 0 bridgehead atoms. The molecule has 0 atom stereocenters. The molecule has 0 aliphatic heterocycles. The second-order valence-corrected chi connectivity index (χ2v) is 4.61. The lowest BCUT2D eigenvalue weighted by atomic mass is 9.99. The van der Waals surface area contributed by atoms with Gasteiger partial charge in [0.2, 0.25) is 0 Å². The zero-order valence-electron chi connectivity index (χ0n) is 11.0. The number of halogens is 2. The van der Waals surface area contributed by atoms with E-state index >= 15 is 0 Å². The predicted molar refractivity (Wildman–Crippen MR) is 71.4 cm³/mol. The molecule has 3 rings (SSSR count). The Morgan fingerprint density at radius 1 is 0.800 bits per heavy atom. The highest BCUT2D eigenvalue weighted by Crippen LogP contribution is 2.30. The third kappa shape index (κ3) is 1.89. The molecule has 0 N–H and O–H groups in total. The summed E-state index contributed by atoms with van der Waals surface area (Å²) < 4.78 is 27.3. The Balaban J connectivity index is 2.24. The first kappa shape index (κ1) is 12.5. The molecule has 20 heavy (non-hydrogen) atoms. The predicted octanol–water partition coefficient (Wildman–Crippen LogP) is 3.50. The van der Waals surface area contributed by atoms with Crippen LogP contribution in [0, 0.1) is 13.8 Å². The lowest BCUT2D eigenvalue weighted by Crippen LogP contribution is -1.96. The van der Waals surface area contributed by atoms with Gasteiger partial charge in [-0.25, -0.2) is 9.97 Å². The number of aryl methyl sites for hydroxylation is 2. The van der Waals surface area contributed by atoms with Crippen LogP contribution >= 0.6 is 0 Å². The molecule has 0 saturated heterocycles. The summed E-state index contributed by atoms with van der Waals surface area (Å²) >= 11 is 0. The Hall–Kier alpha value is -2.50. The van der Waals surface area contributed by atoms with Crippen molar-refractivity contribution in [1.29, 1.82) is 0 Å². The summed E-state index contributed by atoms with van der Waals surface area (Å²) in [5, 5.41) is 0. The molecule has 0 spiro atoms. The first-order valence-corrected chi connectivity index (χ1v) is 6.09. The van der Waals surface area contributed by atoms with Crippen LogP contribution in [0.5, 0.6) is 0 Å². The molecule has 0 unspecified atom stereocenters. The van der Waals surface area contributed by atoms with Crippen molar-refractivity contribution in [2.45, 2.75) is 13.8 Å². The van der Waals surface area contributed by atoms with Crippen molar-refractivity contribution in [3.05, 3.63) is 48.0 Å². The molecule has 1 aromatic carbocycles. The van der Waals surface area contributed by atoms with E-state index in [-0.39, 0.29) is 11.6 Å². The third-order valence-electron chi connectivity index (χ3n) is 3.25. The number of hydrogen-bond acceptors (Lipinski definition) is 2. The van der Waals surface area contributed by atoms with Gasteiger partial charge in [-0.15, -0.1) is 0 Å². The van der Waals surface area contributed by atoms with Gasteiger partial charge in [0.1, 0.15) is 0 Å². The van der Waals surface area contributed by atoms with Crippen molar-refractivity contribution in [3.8, 4) is 22.8 Å². The van der Waals surface area contributed by atoms with Gasteiger partial charge in [0, 0.05) is 23.5 Å². The van der Waals surface area contributed by atoms with Gasteiger partial charge < -0.3 is 0 Å². The molecule has 2 aromatic heterocycles. The summed E-state index contributed by atoms with van der Waals surface area (Å²) in [6.45, 7) is 3.73. The van der Waals surface area contributed by atoms with Crippen LogP contribution in [0.2, 0.25) is 0 Å². The topological polar surface area (TPSA) is 35.6 Å². The molecule has 102 valence electrons. The fraction of sp³-hybridized carbons (Fsp3) is 0.143. The van der Waals surface area contributed by atoms with Crippen molar-refractivity contribution >= 4 is 0 Å². The number of aromatic nitrogens is 4. The van der Waals surface area contributed by atoms with E-state index in [0.29, 0.717) is 20.7 Å². The summed E-state index contributed by atoms with van der Waals surface area (Å²) in [5.74, 6) is 0.390. The van der Waals surface area contributed by atoms with Crippen molar-refractivity contribution in [1.82, 2.24) is 19.5 Å². The second kappa shape index (κ2) is 4.56. The lowest BCUT2D eigenvalue weighted by Gasteiger charge is -2.10. The number of rotatable bonds is 2. The Morgan fingerprint density at radius 3 is 1.60 bits per heavy atom. The first-order valence-electron chi connectivity index (χ1n) is 6.09. The molecule has 3 aromatic rings. The summed E-state index contributed by atoms with van der Waals surface area (Å²) in [6.07, 6.45) is 5.21. The molecular weight excluding hydrogens is 262 g/mol. The highest BCUT2D eigenvalue weighted by atomic mass is 19.2. The molecule has 2 heterocycles. The summed E-state index contributed by atoms with van der Waals surface area (Å²) in [5.41, 5.74) is 2.96. The summed E-state index contributed by atoms with van der Waals surface area (Å²) in [6, 6.07) is 3.58. The number of nitrogens with zero attached hydrogens (tertiary/aromatic N) is 4. The van der Waals surface area contributed by atoms with Crippen LogP contribution in [0.1, 0.15) is 11.1 Å². The van der Waals surface area contributed by atoms with E-state index in [2.05, 4.69) is 9.97 Å². The van der Waals surface area contributed by atoms with E-state index in [4.69, 9.17) is 0 Å². The minimum atomic E-state index is 0.195. The standard InChI is InChI=1S/C14H12F2N4/c1-9-7-10(2)12(14-18-4-6-20(14)16)8-11(9)13-17-3-5-19(13)15/h3-8H,1-2H3. The number of imidazole rings is 2. The van der Waals surface area contributed by atoms with Crippen LogP contribution in [-0.4, -0.2) is 19.5 Å². The van der Waals surface area contributed by atoms with E-state index in [1.165, 1.54) is 24.8 Å². The molecule has 0 fully saturated rings. The molecule has 4 nitrogen and oxygen atoms in total. The Morgan fingerprint density at radius 2 is 1.25 bits per heavy atom. The highest BCUT2D eigenvalue weighted by molar-refractivity contribution is 5.72. The molecular formula is C14H12F2N4. The van der Waals surface area contributed by atoms with Crippen molar-refractivity contribution in [3.63, 3.8) is 0 Å². The maximum absolute atomic E-state index is 13.6. The van der Waals surface area contributed by atoms with E-state index < -0.39 is 0 Å². The van der Waals surface area contributed by atoms with Crippen LogP contribution in [0.15, 0.2) is 36.9 Å². The van der Waals surface area contributed by atoms with Crippen molar-refractivity contribution in [2.75, 3.05) is 0 Å². The molecule has 0 aliphatic rings. The van der Waals surface area contributed by atoms with Gasteiger partial charge in [-0.1, -0.05) is 15.0 Å². The summed E-state index contributed by atoms with van der Waals surface area (Å²) in [7, 11) is 0.